The van der Waals surface area contributed by atoms with Crippen molar-refractivity contribution in [1.82, 2.24) is 0 Å². The maximum absolute atomic E-state index is 12.4. The van der Waals surface area contributed by atoms with Gasteiger partial charge in [-0.25, -0.2) is 4.79 Å². The third kappa shape index (κ3) is 3.83. The largest absolute Gasteiger partial charge is 0.479 e. The van der Waals surface area contributed by atoms with Gasteiger partial charge in [-0.1, -0.05) is 42.5 Å². The minimum Gasteiger partial charge on any atom is -0.479 e. The fourth-order valence-electron chi connectivity index (χ4n) is 2.48. The predicted octanol–water partition coefficient (Wildman–Crippen LogP) is 3.80. The normalized spacial score (nSPS) is 15.6. The van der Waals surface area contributed by atoms with Gasteiger partial charge >= 0.3 is 5.97 Å². The number of methoxy groups -OCH3 is 1. The molecule has 0 aromatic heterocycles. The molecule has 1 aliphatic heterocycles. The van der Waals surface area contributed by atoms with Gasteiger partial charge in [0.15, 0.2) is 11.9 Å². The lowest BCUT2D eigenvalue weighted by atomic mass is 10.1. The van der Waals surface area contributed by atoms with Crippen LogP contribution in [0.4, 0.5) is 0 Å². The summed E-state index contributed by atoms with van der Waals surface area (Å²) in [4.78, 5) is 23.8. The molecule has 132 valence electrons. The first-order chi connectivity index (χ1) is 12.6. The van der Waals surface area contributed by atoms with Crippen LogP contribution in [0.2, 0.25) is 0 Å². The fraction of sp³-hybridized carbons (Fsp3) is 0.143. The molecule has 1 heterocycles. The number of Topliss-reactive ketones (excluding diaryl/α,β-unsaturated/α-hetero) is 1. The molecule has 0 fully saturated rings. The summed E-state index contributed by atoms with van der Waals surface area (Å²) in [6, 6.07) is 14.6. The van der Waals surface area contributed by atoms with Crippen LogP contribution in [0.25, 0.3) is 6.08 Å². The maximum Gasteiger partial charge on any atom is 0.346 e. The van der Waals surface area contributed by atoms with Crippen molar-refractivity contribution in [3.63, 3.8) is 0 Å². The Morgan fingerprint density at radius 2 is 1.92 bits per heavy atom. The Kier molecular flexibility index (Phi) is 5.17. The summed E-state index contributed by atoms with van der Waals surface area (Å²) in [6.45, 7) is 1.59. The van der Waals surface area contributed by atoms with E-state index in [0.29, 0.717) is 17.1 Å². The molecule has 1 aliphatic rings. The van der Waals surface area contributed by atoms with E-state index in [9.17, 15) is 9.59 Å². The number of ketones is 1. The number of hydrogen-bond donors (Lipinski definition) is 0. The van der Waals surface area contributed by atoms with Gasteiger partial charge in [-0.2, -0.15) is 0 Å². The van der Waals surface area contributed by atoms with E-state index in [-0.39, 0.29) is 11.5 Å². The highest BCUT2D eigenvalue weighted by molar-refractivity contribution is 6.12. The van der Waals surface area contributed by atoms with Crippen molar-refractivity contribution in [3.05, 3.63) is 77.6 Å². The Morgan fingerprint density at radius 1 is 1.15 bits per heavy atom. The highest BCUT2D eigenvalue weighted by Crippen LogP contribution is 2.34. The minimum atomic E-state index is -0.751. The number of esters is 1. The summed E-state index contributed by atoms with van der Waals surface area (Å²) < 4.78 is 15.8. The molecule has 0 spiro atoms. The van der Waals surface area contributed by atoms with Crippen molar-refractivity contribution < 1.29 is 23.8 Å². The van der Waals surface area contributed by atoms with Crippen LogP contribution in [-0.2, 0) is 9.53 Å². The molecule has 0 saturated carbocycles. The van der Waals surface area contributed by atoms with E-state index >= 15 is 0 Å². The van der Waals surface area contributed by atoms with Crippen molar-refractivity contribution in [2.75, 3.05) is 7.11 Å². The van der Waals surface area contributed by atoms with Crippen molar-refractivity contribution in [1.29, 1.82) is 0 Å². The lowest BCUT2D eigenvalue weighted by Gasteiger charge is -2.12. The number of ether oxygens (including phenoxy) is 3. The van der Waals surface area contributed by atoms with Crippen LogP contribution >= 0.6 is 0 Å². The Balaban J connectivity index is 1.73. The molecule has 0 N–H and O–H groups in total. The van der Waals surface area contributed by atoms with Gasteiger partial charge in [-0.05, 0) is 30.7 Å². The molecule has 1 unspecified atom stereocenters. The third-order valence-corrected chi connectivity index (χ3v) is 3.82. The predicted molar refractivity (Wildman–Crippen MR) is 97.1 cm³/mol. The molecule has 26 heavy (non-hydrogen) atoms. The number of fused-ring (bicyclic) bond motifs is 1. The zero-order chi connectivity index (χ0) is 18.5. The van der Waals surface area contributed by atoms with Gasteiger partial charge in [0, 0.05) is 6.07 Å². The van der Waals surface area contributed by atoms with Crippen LogP contribution < -0.4 is 9.47 Å². The number of carbonyl (C=O) groups excluding carboxylic acids is 2. The van der Waals surface area contributed by atoms with Gasteiger partial charge in [-0.3, -0.25) is 4.79 Å². The molecule has 0 radical (unpaired) electrons. The number of allylic oxidation sites excluding steroid dienone is 3. The second-order valence-electron chi connectivity index (χ2n) is 5.67. The zero-order valence-electron chi connectivity index (χ0n) is 14.5. The van der Waals surface area contributed by atoms with E-state index in [1.165, 1.54) is 7.11 Å². The molecular weight excluding hydrogens is 332 g/mol. The quantitative estimate of drug-likeness (QED) is 0.606. The first kappa shape index (κ1) is 17.5. The minimum absolute atomic E-state index is 0.190. The summed E-state index contributed by atoms with van der Waals surface area (Å²) in [5, 5.41) is 0. The average Bonchev–Trinajstić information content (AvgIpc) is 2.97. The average molecular weight is 350 g/mol. The standard InChI is InChI=1S/C21H18O5/c1-14(21(23)24-2)25-16-11-12-17-19(13-16)26-18(20(17)22)10-6-9-15-7-4-3-5-8-15/h3-14H,1-2H3/b9-6+,18-10-. The van der Waals surface area contributed by atoms with Crippen molar-refractivity contribution in [2.24, 2.45) is 0 Å². The van der Waals surface area contributed by atoms with E-state index in [1.807, 2.05) is 36.4 Å². The lowest BCUT2D eigenvalue weighted by Crippen LogP contribution is -2.24. The summed E-state index contributed by atoms with van der Waals surface area (Å²) in [5.41, 5.74) is 1.49. The lowest BCUT2D eigenvalue weighted by molar-refractivity contribution is -0.147. The first-order valence-electron chi connectivity index (χ1n) is 8.13. The van der Waals surface area contributed by atoms with Crippen LogP contribution in [0.3, 0.4) is 0 Å². The van der Waals surface area contributed by atoms with Crippen LogP contribution in [0.15, 0.2) is 66.4 Å². The van der Waals surface area contributed by atoms with Gasteiger partial charge in [0.05, 0.1) is 12.7 Å². The number of rotatable bonds is 5. The van der Waals surface area contributed by atoms with E-state index in [4.69, 9.17) is 9.47 Å². The van der Waals surface area contributed by atoms with Crippen LogP contribution in [0.5, 0.6) is 11.5 Å². The second-order valence-corrected chi connectivity index (χ2v) is 5.67. The fourth-order valence-corrected chi connectivity index (χ4v) is 2.48. The van der Waals surface area contributed by atoms with Gasteiger partial charge in [0.1, 0.15) is 11.5 Å². The monoisotopic (exact) mass is 350 g/mol. The molecule has 5 heteroatoms. The second kappa shape index (κ2) is 7.70. The van der Waals surface area contributed by atoms with E-state index < -0.39 is 12.1 Å². The number of carbonyl (C=O) groups is 2. The number of hydrogen-bond acceptors (Lipinski definition) is 5. The van der Waals surface area contributed by atoms with Crippen molar-refractivity contribution in [2.45, 2.75) is 13.0 Å². The molecule has 0 aliphatic carbocycles. The number of benzene rings is 2. The summed E-state index contributed by atoms with van der Waals surface area (Å²) >= 11 is 0. The molecule has 2 aromatic carbocycles. The molecule has 0 amide bonds. The van der Waals surface area contributed by atoms with Gasteiger partial charge in [0.2, 0.25) is 5.78 Å². The topological polar surface area (TPSA) is 61.8 Å². The highest BCUT2D eigenvalue weighted by Gasteiger charge is 2.27. The zero-order valence-corrected chi connectivity index (χ0v) is 14.5. The van der Waals surface area contributed by atoms with E-state index in [0.717, 1.165) is 5.56 Å². The first-order valence-corrected chi connectivity index (χ1v) is 8.13. The van der Waals surface area contributed by atoms with Gasteiger partial charge in [-0.15, -0.1) is 0 Å². The smallest absolute Gasteiger partial charge is 0.346 e. The van der Waals surface area contributed by atoms with Crippen molar-refractivity contribution >= 4 is 17.8 Å². The maximum atomic E-state index is 12.4. The molecule has 2 aromatic rings. The van der Waals surface area contributed by atoms with E-state index in [2.05, 4.69) is 4.74 Å². The Morgan fingerprint density at radius 3 is 2.65 bits per heavy atom. The SMILES string of the molecule is COC(=O)C(C)Oc1ccc2c(c1)O/C(=C\C=C\c1ccccc1)C2=O. The molecule has 5 nitrogen and oxygen atoms in total. The molecule has 3 rings (SSSR count). The Hall–Kier alpha value is -3.34. The molecule has 1 atom stereocenters. The Bertz CT molecular complexity index is 881. The summed E-state index contributed by atoms with van der Waals surface area (Å²) in [5.74, 6) is 0.407. The summed E-state index contributed by atoms with van der Waals surface area (Å²) in [7, 11) is 1.30. The molecule has 0 bridgehead atoms. The van der Waals surface area contributed by atoms with E-state index in [1.54, 1.807) is 37.3 Å². The van der Waals surface area contributed by atoms with Crippen LogP contribution in [-0.4, -0.2) is 25.0 Å². The van der Waals surface area contributed by atoms with Crippen molar-refractivity contribution in [3.8, 4) is 11.5 Å². The molecule has 0 saturated heterocycles. The van der Waals surface area contributed by atoms with Crippen LogP contribution in [0.1, 0.15) is 22.8 Å². The highest BCUT2D eigenvalue weighted by atomic mass is 16.6. The Labute approximate surface area is 151 Å². The van der Waals surface area contributed by atoms with Crippen LogP contribution in [0, 0.1) is 0 Å². The summed E-state index contributed by atoms with van der Waals surface area (Å²) in [6.07, 6.45) is 4.54. The third-order valence-electron chi connectivity index (χ3n) is 3.82. The molecular formula is C21H18O5. The van der Waals surface area contributed by atoms with Gasteiger partial charge in [0.25, 0.3) is 0 Å². The van der Waals surface area contributed by atoms with Gasteiger partial charge < -0.3 is 14.2 Å².